The van der Waals surface area contributed by atoms with Gasteiger partial charge in [-0.1, -0.05) is 36.4 Å². The van der Waals surface area contributed by atoms with Crippen molar-refractivity contribution >= 4 is 29.0 Å². The number of hydrogen-bond acceptors (Lipinski definition) is 3. The number of nitrogens with one attached hydrogen (secondary N) is 2. The lowest BCUT2D eigenvalue weighted by atomic mass is 10.00. The van der Waals surface area contributed by atoms with Gasteiger partial charge in [0.1, 0.15) is 6.61 Å². The molecule has 0 spiro atoms. The van der Waals surface area contributed by atoms with Gasteiger partial charge in [0.15, 0.2) is 0 Å². The van der Waals surface area contributed by atoms with Crippen molar-refractivity contribution in [3.8, 4) is 11.1 Å². The van der Waals surface area contributed by atoms with Crippen LogP contribution in [0.15, 0.2) is 48.5 Å². The Kier molecular flexibility index (Phi) is 5.11. The Morgan fingerprint density at radius 1 is 1.29 bits per heavy atom. The Hall–Kier alpha value is -2.40. The van der Waals surface area contributed by atoms with Gasteiger partial charge in [0.25, 0.3) is 5.17 Å². The van der Waals surface area contributed by atoms with Gasteiger partial charge < -0.3 is 15.4 Å². The summed E-state index contributed by atoms with van der Waals surface area (Å²) in [6, 6.07) is 16.4. The molecule has 0 bridgehead atoms. The van der Waals surface area contributed by atoms with Gasteiger partial charge in [0.05, 0.1) is 6.04 Å². The number of carbonyl (C=O) groups excluding carboxylic acids is 1. The average molecular weight is 340 g/mol. The first kappa shape index (κ1) is 16.5. The van der Waals surface area contributed by atoms with Crippen LogP contribution in [0.3, 0.4) is 0 Å². The minimum absolute atomic E-state index is 0.0511. The quantitative estimate of drug-likeness (QED) is 0.834. The van der Waals surface area contributed by atoms with Crippen molar-refractivity contribution in [2.75, 3.05) is 11.9 Å². The maximum absolute atomic E-state index is 11.2. The number of rotatable bonds is 4. The lowest BCUT2D eigenvalue weighted by Crippen LogP contribution is -2.31. The molecule has 1 amide bonds. The van der Waals surface area contributed by atoms with Gasteiger partial charge in [-0.05, 0) is 54.4 Å². The first-order chi connectivity index (χ1) is 11.6. The topological polar surface area (TPSA) is 50.4 Å². The molecule has 2 aromatic carbocycles. The molecule has 0 aliphatic carbocycles. The van der Waals surface area contributed by atoms with Crippen LogP contribution < -0.4 is 10.6 Å². The minimum atomic E-state index is 0.0511. The molecule has 0 saturated carbocycles. The zero-order chi connectivity index (χ0) is 16.9. The summed E-state index contributed by atoms with van der Waals surface area (Å²) in [6.45, 7) is 2.48. The summed E-state index contributed by atoms with van der Waals surface area (Å²) >= 11 is 5.25. The van der Waals surface area contributed by atoms with E-state index in [4.69, 9.17) is 17.0 Å². The highest BCUT2D eigenvalue weighted by Crippen LogP contribution is 2.26. The van der Waals surface area contributed by atoms with E-state index in [1.165, 1.54) is 11.1 Å². The van der Waals surface area contributed by atoms with Gasteiger partial charge in [0, 0.05) is 12.1 Å². The summed E-state index contributed by atoms with van der Waals surface area (Å²) in [4.78, 5) is 11.2. The van der Waals surface area contributed by atoms with E-state index in [1.807, 2.05) is 24.3 Å². The number of amides is 1. The van der Waals surface area contributed by atoms with Crippen molar-refractivity contribution in [1.29, 1.82) is 0 Å². The van der Waals surface area contributed by atoms with E-state index in [2.05, 4.69) is 41.8 Å². The molecule has 1 atom stereocenters. The third kappa shape index (κ3) is 4.11. The van der Waals surface area contributed by atoms with Crippen LogP contribution in [0, 0.1) is 6.92 Å². The fourth-order valence-corrected chi connectivity index (χ4v) is 2.95. The average Bonchev–Trinajstić information content (AvgIpc) is 3.01. The van der Waals surface area contributed by atoms with E-state index < -0.39 is 0 Å². The maximum Gasteiger partial charge on any atom is 0.261 e. The zero-order valence-corrected chi connectivity index (χ0v) is 14.4. The van der Waals surface area contributed by atoms with E-state index in [9.17, 15) is 4.79 Å². The summed E-state index contributed by atoms with van der Waals surface area (Å²) in [5.41, 5.74) is 4.41. The molecule has 2 aromatic rings. The SMILES string of the molecule is Cc1ccc(NC(=S)OCC2CCC(=O)N2)cc1-c1ccccc1. The first-order valence-corrected chi connectivity index (χ1v) is 8.42. The van der Waals surface area contributed by atoms with Gasteiger partial charge in [0.2, 0.25) is 5.91 Å². The van der Waals surface area contributed by atoms with E-state index in [0.29, 0.717) is 18.2 Å². The number of thiocarbonyl (C=S) groups is 1. The summed E-state index contributed by atoms with van der Waals surface area (Å²) in [5, 5.41) is 6.29. The molecule has 2 N–H and O–H groups in total. The third-order valence-electron chi connectivity index (χ3n) is 4.07. The molecule has 0 aromatic heterocycles. The monoisotopic (exact) mass is 340 g/mol. The molecule has 1 aliphatic heterocycles. The van der Waals surface area contributed by atoms with Crippen LogP contribution in [0.2, 0.25) is 0 Å². The van der Waals surface area contributed by atoms with E-state index in [1.54, 1.807) is 0 Å². The fourth-order valence-electron chi connectivity index (χ4n) is 2.76. The van der Waals surface area contributed by atoms with Crippen LogP contribution >= 0.6 is 12.2 Å². The first-order valence-electron chi connectivity index (χ1n) is 8.01. The summed E-state index contributed by atoms with van der Waals surface area (Å²) in [5.74, 6) is 0.0773. The second-order valence-corrected chi connectivity index (χ2v) is 6.29. The van der Waals surface area contributed by atoms with Gasteiger partial charge >= 0.3 is 0 Å². The Morgan fingerprint density at radius 3 is 2.79 bits per heavy atom. The van der Waals surface area contributed by atoms with Crippen LogP contribution in [0.25, 0.3) is 11.1 Å². The largest absolute Gasteiger partial charge is 0.469 e. The van der Waals surface area contributed by atoms with Crippen LogP contribution in [0.1, 0.15) is 18.4 Å². The number of carbonyl (C=O) groups is 1. The van der Waals surface area contributed by atoms with Gasteiger partial charge in [-0.25, -0.2) is 0 Å². The van der Waals surface area contributed by atoms with Crippen molar-refractivity contribution < 1.29 is 9.53 Å². The number of benzene rings is 2. The Morgan fingerprint density at radius 2 is 2.08 bits per heavy atom. The number of ether oxygens (including phenoxy) is 1. The van der Waals surface area contributed by atoms with Gasteiger partial charge in [-0.2, -0.15) is 0 Å². The van der Waals surface area contributed by atoms with Crippen molar-refractivity contribution in [2.24, 2.45) is 0 Å². The molecular formula is C19H20N2O2S. The lowest BCUT2D eigenvalue weighted by Gasteiger charge is -2.15. The predicted octanol–water partition coefficient (Wildman–Crippen LogP) is 3.65. The molecule has 1 aliphatic rings. The molecule has 1 fully saturated rings. The maximum atomic E-state index is 11.2. The minimum Gasteiger partial charge on any atom is -0.469 e. The summed E-state index contributed by atoms with van der Waals surface area (Å²) in [6.07, 6.45) is 1.36. The Labute approximate surface area is 147 Å². The van der Waals surface area contributed by atoms with Crippen molar-refractivity contribution in [1.82, 2.24) is 5.32 Å². The molecule has 3 rings (SSSR count). The van der Waals surface area contributed by atoms with Gasteiger partial charge in [-0.3, -0.25) is 4.79 Å². The predicted molar refractivity (Wildman–Crippen MR) is 100.0 cm³/mol. The highest BCUT2D eigenvalue weighted by Gasteiger charge is 2.21. The zero-order valence-electron chi connectivity index (χ0n) is 13.5. The smallest absolute Gasteiger partial charge is 0.261 e. The van der Waals surface area contributed by atoms with E-state index >= 15 is 0 Å². The van der Waals surface area contributed by atoms with E-state index in [0.717, 1.165) is 17.7 Å². The normalized spacial score (nSPS) is 16.5. The second kappa shape index (κ2) is 7.45. The highest BCUT2D eigenvalue weighted by molar-refractivity contribution is 7.80. The van der Waals surface area contributed by atoms with E-state index in [-0.39, 0.29) is 11.9 Å². The van der Waals surface area contributed by atoms with Crippen LogP contribution in [-0.2, 0) is 9.53 Å². The Bertz CT molecular complexity index is 746. The Balaban J connectivity index is 1.63. The third-order valence-corrected chi connectivity index (χ3v) is 4.29. The number of anilines is 1. The molecule has 5 heteroatoms. The molecule has 1 unspecified atom stereocenters. The van der Waals surface area contributed by atoms with Gasteiger partial charge in [-0.15, -0.1) is 0 Å². The molecule has 24 heavy (non-hydrogen) atoms. The highest BCUT2D eigenvalue weighted by atomic mass is 32.1. The van der Waals surface area contributed by atoms with Crippen molar-refractivity contribution in [3.05, 3.63) is 54.1 Å². The number of hydrogen-bond donors (Lipinski definition) is 2. The molecule has 1 heterocycles. The molecular weight excluding hydrogens is 320 g/mol. The lowest BCUT2D eigenvalue weighted by molar-refractivity contribution is -0.119. The second-order valence-electron chi connectivity index (χ2n) is 5.92. The van der Waals surface area contributed by atoms with Crippen LogP contribution in [0.4, 0.5) is 5.69 Å². The summed E-state index contributed by atoms with van der Waals surface area (Å²) in [7, 11) is 0. The summed E-state index contributed by atoms with van der Waals surface area (Å²) < 4.78 is 5.56. The molecule has 4 nitrogen and oxygen atoms in total. The van der Waals surface area contributed by atoms with Crippen LogP contribution in [0.5, 0.6) is 0 Å². The molecule has 124 valence electrons. The van der Waals surface area contributed by atoms with Crippen molar-refractivity contribution in [2.45, 2.75) is 25.8 Å². The standard InChI is InChI=1S/C19H20N2O2S/c1-13-7-8-15(11-17(13)14-5-3-2-4-6-14)21-19(24)23-12-16-9-10-18(22)20-16/h2-8,11,16H,9-10,12H2,1H3,(H,20,22)(H,21,24). The van der Waals surface area contributed by atoms with Crippen LogP contribution in [-0.4, -0.2) is 23.7 Å². The van der Waals surface area contributed by atoms with Crippen molar-refractivity contribution in [3.63, 3.8) is 0 Å². The molecule has 0 radical (unpaired) electrons. The number of aryl methyl sites for hydroxylation is 1. The molecule has 1 saturated heterocycles. The fraction of sp³-hybridized carbons (Fsp3) is 0.263.